The van der Waals surface area contributed by atoms with Gasteiger partial charge in [0.05, 0.1) is 12.2 Å². The number of anilines is 1. The Morgan fingerprint density at radius 3 is 2.34 bits per heavy atom. The third kappa shape index (κ3) is 5.93. The third-order valence-electron chi connectivity index (χ3n) is 8.42. The van der Waals surface area contributed by atoms with Crippen molar-refractivity contribution in [2.24, 2.45) is 18.4 Å². The molecule has 5 rings (SSSR count). The van der Waals surface area contributed by atoms with Crippen LogP contribution in [0.1, 0.15) is 72.3 Å². The van der Waals surface area contributed by atoms with Crippen molar-refractivity contribution in [1.29, 1.82) is 0 Å². The smallest absolute Gasteiger partial charge is 0.356 e. The molecule has 4 aromatic rings. The molecule has 230 valence electrons. The van der Waals surface area contributed by atoms with Gasteiger partial charge in [-0.25, -0.2) is 9.59 Å². The third-order valence-corrected chi connectivity index (χ3v) is 9.59. The van der Waals surface area contributed by atoms with E-state index in [4.69, 9.17) is 9.47 Å². The van der Waals surface area contributed by atoms with E-state index in [1.54, 1.807) is 25.1 Å². The normalized spacial score (nSPS) is 15.4. The lowest BCUT2D eigenvalue weighted by Crippen LogP contribution is -2.33. The van der Waals surface area contributed by atoms with E-state index >= 15 is 0 Å². The Morgan fingerprint density at radius 1 is 1.02 bits per heavy atom. The number of hydrogen-bond donors (Lipinski definition) is 1. The average molecular weight is 615 g/mol. The molecule has 1 aliphatic rings. The highest BCUT2D eigenvalue weighted by Crippen LogP contribution is 2.44. The van der Waals surface area contributed by atoms with Crippen LogP contribution in [0, 0.1) is 11.3 Å². The van der Waals surface area contributed by atoms with Gasteiger partial charge in [-0.3, -0.25) is 9.59 Å². The second-order valence-corrected chi connectivity index (χ2v) is 13.4. The molecule has 0 saturated carbocycles. The van der Waals surface area contributed by atoms with Gasteiger partial charge in [0.15, 0.2) is 6.10 Å². The Hall–Kier alpha value is -4.24. The number of fused-ring (bicyclic) bond motifs is 2. The first-order valence-corrected chi connectivity index (χ1v) is 15.7. The quantitative estimate of drug-likeness (QED) is 0.230. The highest BCUT2D eigenvalue weighted by molar-refractivity contribution is 7.17. The molecule has 2 heterocycles. The van der Waals surface area contributed by atoms with Crippen LogP contribution >= 0.6 is 11.3 Å². The van der Waals surface area contributed by atoms with Gasteiger partial charge in [0.1, 0.15) is 10.7 Å². The molecule has 1 N–H and O–H groups in total. The van der Waals surface area contributed by atoms with Crippen LogP contribution in [0.4, 0.5) is 5.00 Å². The number of aromatic nitrogens is 1. The molecule has 2 aromatic carbocycles. The Kier molecular flexibility index (Phi) is 8.79. The molecule has 1 amide bonds. The fraction of sp³-hybridized carbons (Fsp3) is 0.371. The van der Waals surface area contributed by atoms with Gasteiger partial charge in [0.2, 0.25) is 0 Å². The fourth-order valence-corrected chi connectivity index (χ4v) is 7.24. The second kappa shape index (κ2) is 12.4. The summed E-state index contributed by atoms with van der Waals surface area (Å²) in [5.41, 5.74) is 2.40. The summed E-state index contributed by atoms with van der Waals surface area (Å²) in [5.74, 6) is -1.42. The van der Waals surface area contributed by atoms with E-state index in [-0.39, 0.29) is 23.3 Å². The number of ether oxygens (including phenoxy) is 2. The van der Waals surface area contributed by atoms with Gasteiger partial charge < -0.3 is 19.4 Å². The molecule has 1 aliphatic carbocycles. The monoisotopic (exact) mass is 614 g/mol. The van der Waals surface area contributed by atoms with Crippen LogP contribution in [-0.4, -0.2) is 35.1 Å². The van der Waals surface area contributed by atoms with Crippen molar-refractivity contribution in [3.8, 4) is 11.1 Å². The Balaban J connectivity index is 1.46. The standard InChI is InChI=1S/C35H38N2O6S/c1-7-42-33(40)28-25-18-17-22(35(3,4)5)19-26(25)44-31(28)36-30(38)20(2)43-34(41)29-27(21-13-9-8-10-14-21)23-15-11-12-16-24(23)32(39)37(29)6/h8-16,20,22H,7,17-19H2,1-6H3,(H,36,38). The van der Waals surface area contributed by atoms with Crippen LogP contribution in [-0.2, 0) is 34.2 Å². The molecular formula is C35H38N2O6S. The predicted molar refractivity (Wildman–Crippen MR) is 173 cm³/mol. The van der Waals surface area contributed by atoms with Gasteiger partial charge in [-0.1, -0.05) is 69.3 Å². The van der Waals surface area contributed by atoms with Crippen molar-refractivity contribution >= 4 is 45.0 Å². The van der Waals surface area contributed by atoms with Crippen molar-refractivity contribution in [2.45, 2.75) is 60.0 Å². The van der Waals surface area contributed by atoms with E-state index in [9.17, 15) is 19.2 Å². The van der Waals surface area contributed by atoms with Crippen LogP contribution in [0.3, 0.4) is 0 Å². The van der Waals surface area contributed by atoms with Gasteiger partial charge in [-0.15, -0.1) is 11.3 Å². The number of carbonyl (C=O) groups is 3. The van der Waals surface area contributed by atoms with E-state index in [0.29, 0.717) is 32.8 Å². The van der Waals surface area contributed by atoms with Gasteiger partial charge >= 0.3 is 11.9 Å². The fourth-order valence-electron chi connectivity index (χ4n) is 5.92. The lowest BCUT2D eigenvalue weighted by molar-refractivity contribution is -0.123. The molecule has 0 saturated heterocycles. The highest BCUT2D eigenvalue weighted by Gasteiger charge is 2.35. The molecule has 8 nitrogen and oxygen atoms in total. The van der Waals surface area contributed by atoms with Crippen LogP contribution in [0.25, 0.3) is 21.9 Å². The van der Waals surface area contributed by atoms with Crippen LogP contribution in [0.15, 0.2) is 59.4 Å². The van der Waals surface area contributed by atoms with E-state index < -0.39 is 23.9 Å². The zero-order valence-electron chi connectivity index (χ0n) is 26.0. The number of amides is 1. The molecule has 44 heavy (non-hydrogen) atoms. The number of nitrogens with one attached hydrogen (secondary N) is 1. The van der Waals surface area contributed by atoms with Crippen LogP contribution < -0.4 is 10.9 Å². The SMILES string of the molecule is CCOC(=O)c1c(NC(=O)C(C)OC(=O)c2c(-c3ccccc3)c3ccccc3c(=O)n2C)sc2c1CCC(C(C)(C)C)C2. The summed E-state index contributed by atoms with van der Waals surface area (Å²) in [7, 11) is 1.52. The lowest BCUT2D eigenvalue weighted by atomic mass is 9.72. The molecule has 0 bridgehead atoms. The van der Waals surface area contributed by atoms with Crippen LogP contribution in [0.2, 0.25) is 0 Å². The number of rotatable bonds is 7. The zero-order chi connectivity index (χ0) is 31.8. The molecule has 2 unspecified atom stereocenters. The Morgan fingerprint density at radius 2 is 1.68 bits per heavy atom. The number of hydrogen-bond acceptors (Lipinski definition) is 7. The summed E-state index contributed by atoms with van der Waals surface area (Å²) in [6.07, 6.45) is 1.26. The average Bonchev–Trinajstić information content (AvgIpc) is 3.36. The number of pyridine rings is 1. The van der Waals surface area contributed by atoms with Crippen molar-refractivity contribution in [2.75, 3.05) is 11.9 Å². The second-order valence-electron chi connectivity index (χ2n) is 12.3. The molecule has 0 radical (unpaired) electrons. The minimum Gasteiger partial charge on any atom is -0.462 e. The summed E-state index contributed by atoms with van der Waals surface area (Å²) in [6, 6.07) is 16.4. The van der Waals surface area contributed by atoms with Crippen molar-refractivity contribution < 1.29 is 23.9 Å². The maximum atomic E-state index is 13.7. The van der Waals surface area contributed by atoms with Gasteiger partial charge in [0.25, 0.3) is 11.5 Å². The van der Waals surface area contributed by atoms with Crippen molar-refractivity contribution in [3.63, 3.8) is 0 Å². The molecule has 2 aromatic heterocycles. The predicted octanol–water partition coefficient (Wildman–Crippen LogP) is 6.78. The topological polar surface area (TPSA) is 104 Å². The molecule has 2 atom stereocenters. The lowest BCUT2D eigenvalue weighted by Gasteiger charge is -2.33. The van der Waals surface area contributed by atoms with Crippen molar-refractivity contribution in [3.05, 3.63) is 86.6 Å². The summed E-state index contributed by atoms with van der Waals surface area (Å²) < 4.78 is 12.3. The molecule has 0 spiro atoms. The van der Waals surface area contributed by atoms with E-state index in [0.717, 1.165) is 35.3 Å². The first kappa shape index (κ1) is 31.2. The molecule has 0 aliphatic heterocycles. The zero-order valence-corrected chi connectivity index (χ0v) is 26.8. The number of carbonyl (C=O) groups excluding carboxylic acids is 3. The first-order chi connectivity index (χ1) is 20.9. The molecule has 0 fully saturated rings. The minimum absolute atomic E-state index is 0.0478. The molecule has 9 heteroatoms. The minimum atomic E-state index is -1.22. The maximum absolute atomic E-state index is 13.7. The first-order valence-electron chi connectivity index (χ1n) is 14.9. The van der Waals surface area contributed by atoms with E-state index in [1.807, 2.05) is 36.4 Å². The van der Waals surface area contributed by atoms with Gasteiger partial charge in [-0.05, 0) is 67.0 Å². The Labute approximate surface area is 261 Å². The summed E-state index contributed by atoms with van der Waals surface area (Å²) in [5, 5.41) is 4.34. The number of nitrogens with zero attached hydrogens (tertiary/aromatic N) is 1. The highest BCUT2D eigenvalue weighted by atomic mass is 32.1. The van der Waals surface area contributed by atoms with E-state index in [1.165, 1.54) is 29.9 Å². The molecular weight excluding hydrogens is 576 g/mol. The number of benzene rings is 2. The number of esters is 2. The van der Waals surface area contributed by atoms with Crippen molar-refractivity contribution in [1.82, 2.24) is 4.57 Å². The van der Waals surface area contributed by atoms with Gasteiger partial charge in [0, 0.05) is 22.9 Å². The number of thiophene rings is 1. The largest absolute Gasteiger partial charge is 0.462 e. The van der Waals surface area contributed by atoms with E-state index in [2.05, 4.69) is 26.1 Å². The van der Waals surface area contributed by atoms with Gasteiger partial charge in [-0.2, -0.15) is 0 Å². The Bertz CT molecular complexity index is 1800. The van der Waals surface area contributed by atoms with Crippen LogP contribution in [0.5, 0.6) is 0 Å². The summed E-state index contributed by atoms with van der Waals surface area (Å²) in [6.45, 7) is 10.1. The maximum Gasteiger partial charge on any atom is 0.356 e. The summed E-state index contributed by atoms with van der Waals surface area (Å²) in [4.78, 5) is 54.6. The summed E-state index contributed by atoms with van der Waals surface area (Å²) >= 11 is 1.38.